The lowest BCUT2D eigenvalue weighted by molar-refractivity contribution is -0.123. The van der Waals surface area contributed by atoms with Crippen LogP contribution in [0.15, 0.2) is 48.5 Å². The molecule has 2 aromatic rings. The van der Waals surface area contributed by atoms with Gasteiger partial charge in [-0.15, -0.1) is 0 Å². The molecule has 0 saturated carbocycles. The van der Waals surface area contributed by atoms with E-state index in [9.17, 15) is 4.79 Å². The summed E-state index contributed by atoms with van der Waals surface area (Å²) in [5.74, 6) is 0.432. The predicted octanol–water partition coefficient (Wildman–Crippen LogP) is 3.18. The Balaban J connectivity index is 1.81. The van der Waals surface area contributed by atoms with Crippen molar-refractivity contribution in [1.29, 1.82) is 0 Å². The SMILES string of the molecule is COCc1ccccc1CNC(=O)COc1ccc(Cl)cc1. The number of nitrogens with one attached hydrogen (secondary N) is 1. The molecule has 0 bridgehead atoms. The summed E-state index contributed by atoms with van der Waals surface area (Å²) in [5, 5.41) is 3.46. The maximum Gasteiger partial charge on any atom is 0.258 e. The van der Waals surface area contributed by atoms with Crippen LogP contribution in [-0.2, 0) is 22.7 Å². The van der Waals surface area contributed by atoms with Crippen molar-refractivity contribution in [1.82, 2.24) is 5.32 Å². The monoisotopic (exact) mass is 319 g/mol. The molecule has 0 aromatic heterocycles. The van der Waals surface area contributed by atoms with Crippen molar-refractivity contribution in [3.8, 4) is 5.75 Å². The fourth-order valence-corrected chi connectivity index (χ4v) is 2.08. The third kappa shape index (κ3) is 5.06. The van der Waals surface area contributed by atoms with E-state index in [1.165, 1.54) is 0 Å². The summed E-state index contributed by atoms with van der Waals surface area (Å²) >= 11 is 5.79. The summed E-state index contributed by atoms with van der Waals surface area (Å²) in [4.78, 5) is 11.8. The third-order valence-electron chi connectivity index (χ3n) is 3.08. The van der Waals surface area contributed by atoms with E-state index < -0.39 is 0 Å². The van der Waals surface area contributed by atoms with Gasteiger partial charge in [0, 0.05) is 18.7 Å². The summed E-state index contributed by atoms with van der Waals surface area (Å²) in [6.45, 7) is 0.934. The highest BCUT2D eigenvalue weighted by Crippen LogP contribution is 2.15. The average Bonchev–Trinajstić information content (AvgIpc) is 2.54. The number of carbonyl (C=O) groups excluding carboxylic acids is 1. The van der Waals surface area contributed by atoms with Gasteiger partial charge < -0.3 is 14.8 Å². The van der Waals surface area contributed by atoms with E-state index in [1.807, 2.05) is 24.3 Å². The van der Waals surface area contributed by atoms with Crippen LogP contribution in [0.3, 0.4) is 0 Å². The molecule has 0 fully saturated rings. The molecule has 0 atom stereocenters. The first-order chi connectivity index (χ1) is 10.7. The molecule has 0 aliphatic rings. The average molecular weight is 320 g/mol. The van der Waals surface area contributed by atoms with E-state index in [1.54, 1.807) is 31.4 Å². The lowest BCUT2D eigenvalue weighted by Gasteiger charge is -2.11. The fourth-order valence-electron chi connectivity index (χ4n) is 1.95. The molecule has 0 aliphatic carbocycles. The first-order valence-corrected chi connectivity index (χ1v) is 7.27. The van der Waals surface area contributed by atoms with Crippen molar-refractivity contribution in [2.24, 2.45) is 0 Å². The van der Waals surface area contributed by atoms with Gasteiger partial charge in [-0.05, 0) is 35.4 Å². The third-order valence-corrected chi connectivity index (χ3v) is 3.33. The first-order valence-electron chi connectivity index (χ1n) is 6.90. The Morgan fingerprint density at radius 1 is 1.09 bits per heavy atom. The van der Waals surface area contributed by atoms with E-state index in [-0.39, 0.29) is 12.5 Å². The number of methoxy groups -OCH3 is 1. The van der Waals surface area contributed by atoms with Gasteiger partial charge in [-0.2, -0.15) is 0 Å². The normalized spacial score (nSPS) is 10.3. The zero-order valence-corrected chi connectivity index (χ0v) is 13.1. The van der Waals surface area contributed by atoms with E-state index >= 15 is 0 Å². The minimum absolute atomic E-state index is 0.0337. The van der Waals surface area contributed by atoms with Crippen molar-refractivity contribution in [2.45, 2.75) is 13.2 Å². The first kappa shape index (κ1) is 16.3. The van der Waals surface area contributed by atoms with Crippen LogP contribution in [0.2, 0.25) is 5.02 Å². The molecular formula is C17H18ClNO3. The number of hydrogen-bond donors (Lipinski definition) is 1. The van der Waals surface area contributed by atoms with Crippen LogP contribution in [0, 0.1) is 0 Å². The van der Waals surface area contributed by atoms with Crippen LogP contribution < -0.4 is 10.1 Å². The van der Waals surface area contributed by atoms with Crippen molar-refractivity contribution in [3.05, 3.63) is 64.7 Å². The van der Waals surface area contributed by atoms with Crippen LogP contribution in [0.1, 0.15) is 11.1 Å². The van der Waals surface area contributed by atoms with Gasteiger partial charge in [0.05, 0.1) is 6.61 Å². The van der Waals surface area contributed by atoms with Gasteiger partial charge >= 0.3 is 0 Å². The standard InChI is InChI=1S/C17H18ClNO3/c1-21-11-14-5-3-2-4-13(14)10-19-17(20)12-22-16-8-6-15(18)7-9-16/h2-9H,10-12H2,1H3,(H,19,20). The summed E-state index contributed by atoms with van der Waals surface area (Å²) in [6.07, 6.45) is 0. The van der Waals surface area contributed by atoms with Gasteiger partial charge in [0.1, 0.15) is 5.75 Å². The number of amides is 1. The Morgan fingerprint density at radius 2 is 1.77 bits per heavy atom. The molecule has 0 radical (unpaired) electrons. The molecule has 1 N–H and O–H groups in total. The molecule has 5 heteroatoms. The van der Waals surface area contributed by atoms with Gasteiger partial charge in [0.25, 0.3) is 5.91 Å². The minimum Gasteiger partial charge on any atom is -0.484 e. The molecule has 0 spiro atoms. The summed E-state index contributed by atoms with van der Waals surface area (Å²) < 4.78 is 10.5. The lowest BCUT2D eigenvalue weighted by Crippen LogP contribution is -2.28. The molecule has 0 aliphatic heterocycles. The topological polar surface area (TPSA) is 47.6 Å². The van der Waals surface area contributed by atoms with Crippen LogP contribution >= 0.6 is 11.6 Å². The number of ether oxygens (including phenoxy) is 2. The van der Waals surface area contributed by atoms with Crippen molar-refractivity contribution in [2.75, 3.05) is 13.7 Å². The second-order valence-corrected chi connectivity index (χ2v) is 5.16. The Kier molecular flexibility index (Phi) is 6.25. The van der Waals surface area contributed by atoms with Crippen molar-refractivity contribution >= 4 is 17.5 Å². The molecule has 0 unspecified atom stereocenters. The van der Waals surface area contributed by atoms with Gasteiger partial charge in [0.15, 0.2) is 6.61 Å². The predicted molar refractivity (Wildman–Crippen MR) is 85.9 cm³/mol. The van der Waals surface area contributed by atoms with Gasteiger partial charge in [0.2, 0.25) is 0 Å². The van der Waals surface area contributed by atoms with E-state index in [2.05, 4.69) is 5.32 Å². The van der Waals surface area contributed by atoms with Crippen LogP contribution in [0.5, 0.6) is 5.75 Å². The smallest absolute Gasteiger partial charge is 0.258 e. The zero-order chi connectivity index (χ0) is 15.8. The van der Waals surface area contributed by atoms with Crippen LogP contribution in [0.4, 0.5) is 0 Å². The lowest BCUT2D eigenvalue weighted by atomic mass is 10.1. The zero-order valence-electron chi connectivity index (χ0n) is 12.3. The van der Waals surface area contributed by atoms with Gasteiger partial charge in [-0.1, -0.05) is 35.9 Å². The second-order valence-electron chi connectivity index (χ2n) is 4.72. The minimum atomic E-state index is -0.179. The molecule has 2 rings (SSSR count). The van der Waals surface area contributed by atoms with Crippen molar-refractivity contribution in [3.63, 3.8) is 0 Å². The number of hydrogen-bond acceptors (Lipinski definition) is 3. The van der Waals surface area contributed by atoms with E-state index in [4.69, 9.17) is 21.1 Å². The Labute approximate surface area is 135 Å². The molecule has 22 heavy (non-hydrogen) atoms. The number of benzene rings is 2. The number of carbonyl (C=O) groups is 1. The summed E-state index contributed by atoms with van der Waals surface area (Å²) in [6, 6.07) is 14.7. The van der Waals surface area contributed by atoms with Gasteiger partial charge in [-0.3, -0.25) is 4.79 Å². The second kappa shape index (κ2) is 8.41. The summed E-state index contributed by atoms with van der Waals surface area (Å²) in [5.41, 5.74) is 2.09. The highest BCUT2D eigenvalue weighted by atomic mass is 35.5. The maximum atomic E-state index is 11.8. The largest absolute Gasteiger partial charge is 0.484 e. The number of halogens is 1. The van der Waals surface area contributed by atoms with Crippen molar-refractivity contribution < 1.29 is 14.3 Å². The van der Waals surface area contributed by atoms with Gasteiger partial charge in [-0.25, -0.2) is 0 Å². The van der Waals surface area contributed by atoms with Crippen LogP contribution in [0.25, 0.3) is 0 Å². The quantitative estimate of drug-likeness (QED) is 0.852. The highest BCUT2D eigenvalue weighted by Gasteiger charge is 2.05. The molecule has 2 aromatic carbocycles. The molecule has 1 amide bonds. The van der Waals surface area contributed by atoms with E-state index in [0.29, 0.717) is 23.9 Å². The molecule has 116 valence electrons. The highest BCUT2D eigenvalue weighted by molar-refractivity contribution is 6.30. The molecule has 0 heterocycles. The van der Waals surface area contributed by atoms with Crippen LogP contribution in [-0.4, -0.2) is 19.6 Å². The fraction of sp³-hybridized carbons (Fsp3) is 0.235. The molecular weight excluding hydrogens is 302 g/mol. The molecule has 0 saturated heterocycles. The number of rotatable bonds is 7. The summed E-state index contributed by atoms with van der Waals surface area (Å²) in [7, 11) is 1.65. The molecule has 4 nitrogen and oxygen atoms in total. The maximum absolute atomic E-state index is 11.8. The Hall–Kier alpha value is -2.04. The Morgan fingerprint density at radius 3 is 2.45 bits per heavy atom. The Bertz CT molecular complexity index is 614. The van der Waals surface area contributed by atoms with E-state index in [0.717, 1.165) is 11.1 Å².